The molecule has 0 bridgehead atoms. The Labute approximate surface area is 82.1 Å². The zero-order valence-corrected chi connectivity index (χ0v) is 9.55. The average Bonchev–Trinajstić information content (AvgIpc) is 1.80. The third-order valence-electron chi connectivity index (χ3n) is 1.92. The van der Waals surface area contributed by atoms with E-state index in [4.69, 9.17) is 0 Å². The predicted octanol–water partition coefficient (Wildman–Crippen LogP) is 2.58. The first-order chi connectivity index (χ1) is 5.91. The van der Waals surface area contributed by atoms with Crippen LogP contribution in [0.2, 0.25) is 0 Å². The van der Waals surface area contributed by atoms with Gasteiger partial charge in [0.1, 0.15) is 0 Å². The third kappa shape index (κ3) is 7.82. The molecule has 2 heteroatoms. The highest BCUT2D eigenvalue weighted by molar-refractivity contribution is 5.73. The zero-order chi connectivity index (χ0) is 10.4. The molecule has 0 aliphatic heterocycles. The second-order valence-electron chi connectivity index (χ2n) is 4.66. The number of hydrogen-bond acceptors (Lipinski definition) is 1. The van der Waals surface area contributed by atoms with Gasteiger partial charge in [0.25, 0.3) is 0 Å². The quantitative estimate of drug-likeness (QED) is 0.701. The molecule has 0 aliphatic carbocycles. The fraction of sp³-hybridized carbons (Fsp3) is 0.909. The minimum absolute atomic E-state index is 0.0892. The van der Waals surface area contributed by atoms with Crippen molar-refractivity contribution in [3.8, 4) is 0 Å². The normalized spacial score (nSPS) is 11.4. The lowest BCUT2D eigenvalue weighted by molar-refractivity contribution is -0.119. The largest absolute Gasteiger partial charge is 0.354 e. The van der Waals surface area contributed by atoms with Crippen LogP contribution in [0.1, 0.15) is 47.5 Å². The summed E-state index contributed by atoms with van der Waals surface area (Å²) in [6.45, 7) is 10.3. The van der Waals surface area contributed by atoms with E-state index in [0.29, 0.717) is 17.9 Å². The fourth-order valence-corrected chi connectivity index (χ4v) is 1.64. The van der Waals surface area contributed by atoms with Gasteiger partial charge in [0.15, 0.2) is 0 Å². The van der Waals surface area contributed by atoms with Gasteiger partial charge in [-0.3, -0.25) is 4.79 Å². The van der Waals surface area contributed by atoms with Gasteiger partial charge in [0, 0.05) is 13.0 Å². The molecule has 1 amide bonds. The van der Waals surface area contributed by atoms with Crippen LogP contribution in [-0.4, -0.2) is 11.9 Å². The lowest BCUT2D eigenvalue weighted by Gasteiger charge is -2.21. The van der Waals surface area contributed by atoms with Gasteiger partial charge in [0.2, 0.25) is 5.91 Å². The summed E-state index contributed by atoms with van der Waals surface area (Å²) in [5.74, 6) is 1.39. The van der Waals surface area contributed by atoms with Gasteiger partial charge < -0.3 is 5.32 Å². The van der Waals surface area contributed by atoms with Gasteiger partial charge >= 0.3 is 0 Å². The molecule has 0 saturated heterocycles. The Morgan fingerprint density at radius 1 is 1.08 bits per heavy atom. The van der Waals surface area contributed by atoms with Gasteiger partial charge in [-0.05, 0) is 24.7 Å². The topological polar surface area (TPSA) is 29.1 Å². The van der Waals surface area contributed by atoms with Crippen molar-refractivity contribution >= 4 is 5.91 Å². The van der Waals surface area contributed by atoms with Crippen LogP contribution >= 0.6 is 0 Å². The summed E-state index contributed by atoms with van der Waals surface area (Å²) in [6, 6.07) is 0.359. The van der Waals surface area contributed by atoms with Crippen LogP contribution in [0.5, 0.6) is 0 Å². The monoisotopic (exact) mass is 185 g/mol. The Hall–Kier alpha value is -0.530. The van der Waals surface area contributed by atoms with E-state index < -0.39 is 0 Å². The summed E-state index contributed by atoms with van der Waals surface area (Å²) in [5, 5.41) is 3.00. The SMILES string of the molecule is CC(=O)NC(CC(C)C)CC(C)C. The third-order valence-corrected chi connectivity index (χ3v) is 1.92. The Morgan fingerprint density at radius 2 is 1.46 bits per heavy atom. The number of carbonyl (C=O) groups is 1. The van der Waals surface area contributed by atoms with Crippen molar-refractivity contribution in [2.24, 2.45) is 11.8 Å². The minimum Gasteiger partial charge on any atom is -0.354 e. The minimum atomic E-state index is 0.0892. The summed E-state index contributed by atoms with van der Waals surface area (Å²) in [6.07, 6.45) is 2.16. The van der Waals surface area contributed by atoms with E-state index in [1.165, 1.54) is 0 Å². The van der Waals surface area contributed by atoms with Crippen LogP contribution in [-0.2, 0) is 4.79 Å². The van der Waals surface area contributed by atoms with Crippen LogP contribution in [0.4, 0.5) is 0 Å². The standard InChI is InChI=1S/C11H23NO/c1-8(2)6-11(7-9(3)4)12-10(5)13/h8-9,11H,6-7H2,1-5H3,(H,12,13). The maximum atomic E-state index is 10.9. The second kappa shape index (κ2) is 6.01. The molecule has 0 aromatic heterocycles. The molecule has 0 atom stereocenters. The highest BCUT2D eigenvalue weighted by Gasteiger charge is 2.13. The van der Waals surface area contributed by atoms with Crippen molar-refractivity contribution in [2.75, 3.05) is 0 Å². The first-order valence-corrected chi connectivity index (χ1v) is 5.19. The first-order valence-electron chi connectivity index (χ1n) is 5.19. The van der Waals surface area contributed by atoms with E-state index in [9.17, 15) is 4.79 Å². The van der Waals surface area contributed by atoms with Crippen LogP contribution in [0.15, 0.2) is 0 Å². The number of amides is 1. The maximum Gasteiger partial charge on any atom is 0.217 e. The zero-order valence-electron chi connectivity index (χ0n) is 9.55. The highest BCUT2D eigenvalue weighted by atomic mass is 16.1. The first kappa shape index (κ1) is 12.5. The van der Waals surface area contributed by atoms with Crippen molar-refractivity contribution < 1.29 is 4.79 Å². The number of rotatable bonds is 5. The van der Waals surface area contributed by atoms with Crippen molar-refractivity contribution in [1.82, 2.24) is 5.32 Å². The Morgan fingerprint density at radius 3 is 1.69 bits per heavy atom. The van der Waals surface area contributed by atoms with E-state index in [1.807, 2.05) is 0 Å². The van der Waals surface area contributed by atoms with Crippen molar-refractivity contribution in [3.05, 3.63) is 0 Å². The molecule has 0 fully saturated rings. The van der Waals surface area contributed by atoms with E-state index >= 15 is 0 Å². The lowest BCUT2D eigenvalue weighted by atomic mass is 9.96. The number of hydrogen-bond donors (Lipinski definition) is 1. The predicted molar refractivity (Wildman–Crippen MR) is 56.5 cm³/mol. The molecule has 78 valence electrons. The van der Waals surface area contributed by atoms with Gasteiger partial charge in [-0.1, -0.05) is 27.7 Å². The molecular weight excluding hydrogens is 162 g/mol. The van der Waals surface area contributed by atoms with E-state index in [0.717, 1.165) is 12.8 Å². The van der Waals surface area contributed by atoms with Gasteiger partial charge in [-0.15, -0.1) is 0 Å². The molecule has 0 spiro atoms. The smallest absolute Gasteiger partial charge is 0.217 e. The molecule has 0 aromatic rings. The van der Waals surface area contributed by atoms with Crippen LogP contribution in [0.3, 0.4) is 0 Å². The van der Waals surface area contributed by atoms with Crippen molar-refractivity contribution in [2.45, 2.75) is 53.5 Å². The molecule has 0 aliphatic rings. The molecule has 2 nitrogen and oxygen atoms in total. The van der Waals surface area contributed by atoms with Gasteiger partial charge in [-0.25, -0.2) is 0 Å². The summed E-state index contributed by atoms with van der Waals surface area (Å²) >= 11 is 0. The molecule has 13 heavy (non-hydrogen) atoms. The molecule has 1 N–H and O–H groups in total. The summed E-state index contributed by atoms with van der Waals surface area (Å²) in [4.78, 5) is 10.9. The van der Waals surface area contributed by atoms with Crippen molar-refractivity contribution in [1.29, 1.82) is 0 Å². The maximum absolute atomic E-state index is 10.9. The molecule has 0 radical (unpaired) electrons. The number of nitrogens with one attached hydrogen (secondary N) is 1. The van der Waals surface area contributed by atoms with Crippen molar-refractivity contribution in [3.63, 3.8) is 0 Å². The van der Waals surface area contributed by atoms with E-state index in [2.05, 4.69) is 33.0 Å². The second-order valence-corrected chi connectivity index (χ2v) is 4.66. The fourth-order valence-electron chi connectivity index (χ4n) is 1.64. The summed E-state index contributed by atoms with van der Waals surface area (Å²) in [7, 11) is 0. The number of carbonyl (C=O) groups excluding carboxylic acids is 1. The molecule has 0 aromatic carbocycles. The van der Waals surface area contributed by atoms with Crippen LogP contribution in [0, 0.1) is 11.8 Å². The summed E-state index contributed by atoms with van der Waals surface area (Å²) in [5.41, 5.74) is 0. The molecule has 0 unspecified atom stereocenters. The van der Waals surface area contributed by atoms with E-state index in [-0.39, 0.29) is 5.91 Å². The molecular formula is C11H23NO. The Bertz CT molecular complexity index is 142. The molecule has 0 heterocycles. The average molecular weight is 185 g/mol. The van der Waals surface area contributed by atoms with E-state index in [1.54, 1.807) is 6.92 Å². The Balaban J connectivity index is 3.95. The van der Waals surface area contributed by atoms with Gasteiger partial charge in [-0.2, -0.15) is 0 Å². The molecule has 0 rings (SSSR count). The lowest BCUT2D eigenvalue weighted by Crippen LogP contribution is -2.35. The van der Waals surface area contributed by atoms with Crippen LogP contribution < -0.4 is 5.32 Å². The summed E-state index contributed by atoms with van der Waals surface area (Å²) < 4.78 is 0. The molecule has 0 saturated carbocycles. The Kier molecular flexibility index (Phi) is 5.76. The van der Waals surface area contributed by atoms with Crippen LogP contribution in [0.25, 0.3) is 0 Å². The van der Waals surface area contributed by atoms with Gasteiger partial charge in [0.05, 0.1) is 0 Å². The highest BCUT2D eigenvalue weighted by Crippen LogP contribution is 2.12.